The van der Waals surface area contributed by atoms with Crippen molar-refractivity contribution in [2.75, 3.05) is 6.54 Å². The minimum atomic E-state index is -0.976. The first kappa shape index (κ1) is 16.0. The van der Waals surface area contributed by atoms with E-state index >= 15 is 0 Å². The fourth-order valence-corrected chi connectivity index (χ4v) is 3.44. The van der Waals surface area contributed by atoms with Gasteiger partial charge in [-0.2, -0.15) is 4.39 Å². The lowest BCUT2D eigenvalue weighted by Crippen LogP contribution is -2.44. The molecule has 1 aromatic rings. The quantitative estimate of drug-likeness (QED) is 0.852. The van der Waals surface area contributed by atoms with Crippen LogP contribution in [0.2, 0.25) is 0 Å². The summed E-state index contributed by atoms with van der Waals surface area (Å²) in [7, 11) is 0. The van der Waals surface area contributed by atoms with Gasteiger partial charge in [-0.05, 0) is 50.8 Å². The smallest absolute Gasteiger partial charge is 0.336 e. The molecule has 1 N–H and O–H groups in total. The second-order valence-electron chi connectivity index (χ2n) is 6.72. The van der Waals surface area contributed by atoms with Gasteiger partial charge in [-0.25, -0.2) is 19.8 Å². The SMILES string of the molecule is CC1=CC(c2cccc(F)n2)=NC2=C(C(=O)O)CN(C(C)C3CC3)N12. The van der Waals surface area contributed by atoms with Gasteiger partial charge in [0, 0.05) is 11.7 Å². The number of rotatable bonds is 4. The van der Waals surface area contributed by atoms with Crippen molar-refractivity contribution in [3.63, 3.8) is 0 Å². The molecule has 0 aromatic carbocycles. The zero-order chi connectivity index (χ0) is 17.7. The highest BCUT2D eigenvalue weighted by atomic mass is 19.1. The Labute approximate surface area is 145 Å². The van der Waals surface area contributed by atoms with Gasteiger partial charge in [0.15, 0.2) is 5.82 Å². The third kappa shape index (κ3) is 2.74. The first-order valence-corrected chi connectivity index (χ1v) is 8.38. The van der Waals surface area contributed by atoms with E-state index in [2.05, 4.69) is 21.9 Å². The average Bonchev–Trinajstić information content (AvgIpc) is 3.34. The van der Waals surface area contributed by atoms with Crippen molar-refractivity contribution in [3.05, 3.63) is 53.0 Å². The molecular formula is C18H19FN4O2. The minimum Gasteiger partial charge on any atom is -0.478 e. The Kier molecular flexibility index (Phi) is 3.68. The van der Waals surface area contributed by atoms with Crippen LogP contribution in [0.4, 0.5) is 4.39 Å². The summed E-state index contributed by atoms with van der Waals surface area (Å²) < 4.78 is 13.4. The fraction of sp³-hybridized carbons (Fsp3) is 0.389. The molecule has 1 atom stereocenters. The highest BCUT2D eigenvalue weighted by Gasteiger charge is 2.43. The van der Waals surface area contributed by atoms with E-state index in [1.165, 1.54) is 18.9 Å². The number of hydrogen-bond acceptors (Lipinski definition) is 5. The molecule has 0 amide bonds. The van der Waals surface area contributed by atoms with E-state index in [1.54, 1.807) is 12.1 Å². The predicted molar refractivity (Wildman–Crippen MR) is 89.9 cm³/mol. The number of carboxylic acid groups (broad SMARTS) is 1. The molecule has 3 heterocycles. The summed E-state index contributed by atoms with van der Waals surface area (Å²) in [5.74, 6) is -0.564. The van der Waals surface area contributed by atoms with Crippen molar-refractivity contribution < 1.29 is 14.3 Å². The van der Waals surface area contributed by atoms with E-state index in [0.717, 1.165) is 5.70 Å². The number of hydrazine groups is 1. The van der Waals surface area contributed by atoms with Crippen LogP contribution in [0.25, 0.3) is 0 Å². The molecule has 0 bridgehead atoms. The Bertz CT molecular complexity index is 841. The van der Waals surface area contributed by atoms with E-state index < -0.39 is 11.9 Å². The van der Waals surface area contributed by atoms with Gasteiger partial charge in [0.1, 0.15) is 0 Å². The molecule has 0 saturated heterocycles. The van der Waals surface area contributed by atoms with Crippen LogP contribution in [0, 0.1) is 11.9 Å². The number of aliphatic carboxylic acids is 1. The molecule has 1 aromatic heterocycles. The lowest BCUT2D eigenvalue weighted by atomic mass is 10.1. The molecule has 2 aliphatic heterocycles. The van der Waals surface area contributed by atoms with Crippen molar-refractivity contribution in [2.45, 2.75) is 32.7 Å². The van der Waals surface area contributed by atoms with Gasteiger partial charge >= 0.3 is 5.97 Å². The second kappa shape index (κ2) is 5.77. The highest BCUT2D eigenvalue weighted by molar-refractivity contribution is 6.09. The van der Waals surface area contributed by atoms with Crippen molar-refractivity contribution >= 4 is 11.7 Å². The van der Waals surface area contributed by atoms with Crippen LogP contribution in [-0.4, -0.2) is 44.4 Å². The van der Waals surface area contributed by atoms with E-state index in [0.29, 0.717) is 29.7 Å². The molecular weight excluding hydrogens is 323 g/mol. The Hall–Kier alpha value is -2.54. The van der Waals surface area contributed by atoms with Crippen LogP contribution >= 0.6 is 0 Å². The fourth-order valence-electron chi connectivity index (χ4n) is 3.44. The largest absolute Gasteiger partial charge is 0.478 e. The number of nitrogens with zero attached hydrogens (tertiary/aromatic N) is 4. The molecule has 0 radical (unpaired) electrons. The number of halogens is 1. The maximum absolute atomic E-state index is 13.4. The van der Waals surface area contributed by atoms with Gasteiger partial charge in [-0.3, -0.25) is 5.01 Å². The number of aliphatic imine (C=N–C) groups is 1. The number of hydrogen-bond donors (Lipinski definition) is 1. The molecule has 0 spiro atoms. The highest BCUT2D eigenvalue weighted by Crippen LogP contribution is 2.41. The van der Waals surface area contributed by atoms with Gasteiger partial charge in [-0.1, -0.05) is 6.07 Å². The van der Waals surface area contributed by atoms with Gasteiger partial charge < -0.3 is 5.11 Å². The second-order valence-corrected chi connectivity index (χ2v) is 6.72. The van der Waals surface area contributed by atoms with Gasteiger partial charge in [-0.15, -0.1) is 0 Å². The number of fused-ring (bicyclic) bond motifs is 1. The lowest BCUT2D eigenvalue weighted by molar-refractivity contribution is -0.132. The van der Waals surface area contributed by atoms with Crippen LogP contribution in [0.5, 0.6) is 0 Å². The standard InChI is InChI=1S/C18H19FN4O2/c1-10-8-15(14-4-3-5-16(19)20-14)21-17-13(18(24)25)9-22(23(10)17)11(2)12-6-7-12/h3-5,8,11-12H,6-7,9H2,1-2H3,(H,24,25). The van der Waals surface area contributed by atoms with Crippen molar-refractivity contribution in [2.24, 2.45) is 10.9 Å². The normalized spacial score (nSPS) is 21.8. The summed E-state index contributed by atoms with van der Waals surface area (Å²) in [6.45, 7) is 4.35. The molecule has 6 nitrogen and oxygen atoms in total. The Morgan fingerprint density at radius 3 is 2.80 bits per heavy atom. The minimum absolute atomic E-state index is 0.249. The number of carbonyl (C=O) groups is 1. The van der Waals surface area contributed by atoms with Crippen LogP contribution in [0.1, 0.15) is 32.4 Å². The Morgan fingerprint density at radius 1 is 1.40 bits per heavy atom. The van der Waals surface area contributed by atoms with Gasteiger partial charge in [0.05, 0.1) is 23.5 Å². The first-order chi connectivity index (χ1) is 12.0. The average molecular weight is 342 g/mol. The molecule has 1 saturated carbocycles. The molecule has 1 aliphatic carbocycles. The molecule has 130 valence electrons. The van der Waals surface area contributed by atoms with Crippen LogP contribution in [0.15, 0.2) is 46.4 Å². The third-order valence-electron chi connectivity index (χ3n) is 4.96. The summed E-state index contributed by atoms with van der Waals surface area (Å²) in [6.07, 6.45) is 4.17. The summed E-state index contributed by atoms with van der Waals surface area (Å²) in [5, 5.41) is 13.6. The van der Waals surface area contributed by atoms with Crippen molar-refractivity contribution in [1.29, 1.82) is 0 Å². The maximum Gasteiger partial charge on any atom is 0.336 e. The van der Waals surface area contributed by atoms with Gasteiger partial charge in [0.2, 0.25) is 5.95 Å². The van der Waals surface area contributed by atoms with E-state index in [-0.39, 0.29) is 11.6 Å². The lowest BCUT2D eigenvalue weighted by Gasteiger charge is -2.37. The van der Waals surface area contributed by atoms with Crippen LogP contribution in [0.3, 0.4) is 0 Å². The van der Waals surface area contributed by atoms with Crippen molar-refractivity contribution in [1.82, 2.24) is 15.0 Å². The topological polar surface area (TPSA) is 69.0 Å². The molecule has 3 aliphatic rings. The molecule has 1 fully saturated rings. The number of allylic oxidation sites excluding steroid dienone is 2. The third-order valence-corrected chi connectivity index (χ3v) is 4.96. The molecule has 25 heavy (non-hydrogen) atoms. The number of pyridine rings is 1. The summed E-state index contributed by atoms with van der Waals surface area (Å²) in [5.41, 5.74) is 1.98. The number of aromatic nitrogens is 1. The summed E-state index contributed by atoms with van der Waals surface area (Å²) in [4.78, 5) is 20.1. The first-order valence-electron chi connectivity index (χ1n) is 8.38. The Balaban J connectivity index is 1.76. The zero-order valence-corrected chi connectivity index (χ0v) is 14.1. The van der Waals surface area contributed by atoms with Crippen molar-refractivity contribution in [3.8, 4) is 0 Å². The summed E-state index contributed by atoms with van der Waals surface area (Å²) >= 11 is 0. The van der Waals surface area contributed by atoms with E-state index in [1.807, 2.05) is 18.0 Å². The maximum atomic E-state index is 13.4. The zero-order valence-electron chi connectivity index (χ0n) is 14.1. The molecule has 4 rings (SSSR count). The summed E-state index contributed by atoms with van der Waals surface area (Å²) in [6, 6.07) is 4.76. The Morgan fingerprint density at radius 2 is 2.16 bits per heavy atom. The predicted octanol–water partition coefficient (Wildman–Crippen LogP) is 2.55. The monoisotopic (exact) mass is 342 g/mol. The van der Waals surface area contributed by atoms with E-state index in [9.17, 15) is 14.3 Å². The van der Waals surface area contributed by atoms with E-state index in [4.69, 9.17) is 0 Å². The van der Waals surface area contributed by atoms with Gasteiger partial charge in [0.25, 0.3) is 0 Å². The molecule has 1 unspecified atom stereocenters. The number of carboxylic acids is 1. The van der Waals surface area contributed by atoms with Crippen LogP contribution < -0.4 is 0 Å². The van der Waals surface area contributed by atoms with Crippen LogP contribution in [-0.2, 0) is 4.79 Å². The molecule has 7 heteroatoms.